The van der Waals surface area contributed by atoms with Crippen LogP contribution in [0.15, 0.2) is 18.2 Å². The van der Waals surface area contributed by atoms with Crippen LogP contribution in [0, 0.1) is 5.41 Å². The van der Waals surface area contributed by atoms with Crippen LogP contribution in [0.1, 0.15) is 44.6 Å². The van der Waals surface area contributed by atoms with Gasteiger partial charge in [0.05, 0.1) is 10.0 Å². The van der Waals surface area contributed by atoms with Crippen molar-refractivity contribution in [3.63, 3.8) is 0 Å². The van der Waals surface area contributed by atoms with Gasteiger partial charge in [0.1, 0.15) is 0 Å². The largest absolute Gasteiger partial charge is 0.355 e. The molecule has 1 aromatic carbocycles. The summed E-state index contributed by atoms with van der Waals surface area (Å²) in [5.41, 5.74) is 0.920. The second-order valence-corrected chi connectivity index (χ2v) is 6.69. The first-order valence-electron chi connectivity index (χ1n) is 7.23. The highest BCUT2D eigenvalue weighted by Crippen LogP contribution is 2.35. The molecule has 0 radical (unpaired) electrons. The van der Waals surface area contributed by atoms with Crippen LogP contribution in [0.25, 0.3) is 0 Å². The number of carbonyl (C=O) groups excluding carboxylic acids is 1. The maximum atomic E-state index is 12.3. The van der Waals surface area contributed by atoms with Gasteiger partial charge in [-0.2, -0.15) is 0 Å². The monoisotopic (exact) mass is 313 g/mol. The summed E-state index contributed by atoms with van der Waals surface area (Å²) in [4.78, 5) is 12.3. The first kappa shape index (κ1) is 15.7. The second-order valence-electron chi connectivity index (χ2n) is 5.88. The molecule has 0 unspecified atom stereocenters. The molecule has 0 heterocycles. The van der Waals surface area contributed by atoms with Crippen LogP contribution in [0.2, 0.25) is 10.0 Å². The molecule has 20 heavy (non-hydrogen) atoms. The number of amides is 1. The van der Waals surface area contributed by atoms with Crippen LogP contribution in [-0.2, 0) is 11.2 Å². The van der Waals surface area contributed by atoms with Crippen molar-refractivity contribution in [1.29, 1.82) is 0 Å². The van der Waals surface area contributed by atoms with Crippen molar-refractivity contribution in [2.45, 2.75) is 45.4 Å². The molecule has 0 atom stereocenters. The summed E-state index contributed by atoms with van der Waals surface area (Å²) in [5, 5.41) is 4.19. The fourth-order valence-electron chi connectivity index (χ4n) is 2.79. The van der Waals surface area contributed by atoms with Crippen molar-refractivity contribution in [3.8, 4) is 0 Å². The van der Waals surface area contributed by atoms with Gasteiger partial charge in [-0.1, -0.05) is 55.5 Å². The predicted octanol–water partition coefficient (Wildman–Crippen LogP) is 4.62. The molecule has 0 bridgehead atoms. The van der Waals surface area contributed by atoms with Crippen LogP contribution in [0.5, 0.6) is 0 Å². The highest BCUT2D eigenvalue weighted by Gasteiger charge is 2.33. The number of benzene rings is 1. The lowest BCUT2D eigenvalue weighted by atomic mass is 9.75. The molecule has 4 heteroatoms. The van der Waals surface area contributed by atoms with Gasteiger partial charge in [-0.3, -0.25) is 4.79 Å². The smallest absolute Gasteiger partial charge is 0.225 e. The minimum absolute atomic E-state index is 0.171. The summed E-state index contributed by atoms with van der Waals surface area (Å²) >= 11 is 11.9. The van der Waals surface area contributed by atoms with Gasteiger partial charge in [0, 0.05) is 12.0 Å². The summed E-state index contributed by atoms with van der Waals surface area (Å²) < 4.78 is 0. The van der Waals surface area contributed by atoms with Gasteiger partial charge < -0.3 is 5.32 Å². The Morgan fingerprint density at radius 1 is 1.20 bits per heavy atom. The number of hydrogen-bond acceptors (Lipinski definition) is 1. The normalized spacial score (nSPS) is 17.8. The van der Waals surface area contributed by atoms with Gasteiger partial charge in [0.15, 0.2) is 0 Å². The van der Waals surface area contributed by atoms with Crippen molar-refractivity contribution in [2.24, 2.45) is 5.41 Å². The molecule has 1 amide bonds. The van der Waals surface area contributed by atoms with E-state index in [4.69, 9.17) is 23.2 Å². The Hall–Kier alpha value is -0.730. The van der Waals surface area contributed by atoms with Gasteiger partial charge in [0.25, 0.3) is 0 Å². The molecule has 0 aliphatic heterocycles. The Balaban J connectivity index is 1.83. The average molecular weight is 314 g/mol. The van der Waals surface area contributed by atoms with Gasteiger partial charge in [-0.15, -0.1) is 0 Å². The minimum atomic E-state index is -0.171. The maximum Gasteiger partial charge on any atom is 0.225 e. The number of rotatable bonds is 4. The standard InChI is InChI=1S/C16H21Cl2NO/c1-16(8-3-2-4-9-16)15(20)19-10-7-12-5-6-13(17)14(18)11-12/h5-6,11H,2-4,7-10H2,1H3,(H,19,20). The molecule has 1 aliphatic carbocycles. The van der Waals surface area contributed by atoms with E-state index in [1.165, 1.54) is 6.42 Å². The highest BCUT2D eigenvalue weighted by molar-refractivity contribution is 6.42. The van der Waals surface area contributed by atoms with Crippen LogP contribution in [0.4, 0.5) is 0 Å². The number of hydrogen-bond donors (Lipinski definition) is 1. The fraction of sp³-hybridized carbons (Fsp3) is 0.562. The number of carbonyl (C=O) groups is 1. The lowest BCUT2D eigenvalue weighted by Crippen LogP contribution is -2.41. The van der Waals surface area contributed by atoms with Crippen molar-refractivity contribution in [1.82, 2.24) is 5.32 Å². The van der Waals surface area contributed by atoms with E-state index in [0.717, 1.165) is 37.7 Å². The number of halogens is 2. The Bertz CT molecular complexity index is 481. The van der Waals surface area contributed by atoms with Crippen molar-refractivity contribution < 1.29 is 4.79 Å². The quantitative estimate of drug-likeness (QED) is 0.863. The van der Waals surface area contributed by atoms with Gasteiger partial charge >= 0.3 is 0 Å². The van der Waals surface area contributed by atoms with E-state index in [0.29, 0.717) is 16.6 Å². The van der Waals surface area contributed by atoms with E-state index >= 15 is 0 Å². The molecule has 1 aliphatic rings. The van der Waals surface area contributed by atoms with Crippen molar-refractivity contribution in [2.75, 3.05) is 6.54 Å². The summed E-state index contributed by atoms with van der Waals surface area (Å²) in [7, 11) is 0. The van der Waals surface area contributed by atoms with E-state index < -0.39 is 0 Å². The summed E-state index contributed by atoms with van der Waals surface area (Å²) in [6.45, 7) is 2.73. The van der Waals surface area contributed by atoms with E-state index in [1.807, 2.05) is 12.1 Å². The maximum absolute atomic E-state index is 12.3. The Morgan fingerprint density at radius 2 is 1.90 bits per heavy atom. The molecule has 0 saturated heterocycles. The van der Waals surface area contributed by atoms with E-state index in [2.05, 4.69) is 12.2 Å². The average Bonchev–Trinajstić information content (AvgIpc) is 2.43. The molecule has 1 aromatic rings. The van der Waals surface area contributed by atoms with Gasteiger partial charge in [0.2, 0.25) is 5.91 Å². The summed E-state index contributed by atoms with van der Waals surface area (Å²) in [6.07, 6.45) is 6.37. The lowest BCUT2D eigenvalue weighted by molar-refractivity contribution is -0.131. The fourth-order valence-corrected chi connectivity index (χ4v) is 3.11. The molecule has 1 fully saturated rings. The first-order chi connectivity index (χ1) is 9.51. The molecular formula is C16H21Cl2NO. The van der Waals surface area contributed by atoms with Crippen LogP contribution >= 0.6 is 23.2 Å². The molecular weight excluding hydrogens is 293 g/mol. The summed E-state index contributed by atoms with van der Waals surface area (Å²) in [6, 6.07) is 5.60. The zero-order chi connectivity index (χ0) is 14.6. The molecule has 1 saturated carbocycles. The highest BCUT2D eigenvalue weighted by atomic mass is 35.5. The van der Waals surface area contributed by atoms with Crippen LogP contribution < -0.4 is 5.32 Å². The zero-order valence-corrected chi connectivity index (χ0v) is 13.4. The third-order valence-electron chi connectivity index (χ3n) is 4.19. The third-order valence-corrected chi connectivity index (χ3v) is 4.93. The van der Waals surface area contributed by atoms with E-state index in [-0.39, 0.29) is 11.3 Å². The zero-order valence-electron chi connectivity index (χ0n) is 11.8. The SMILES string of the molecule is CC1(C(=O)NCCc2ccc(Cl)c(Cl)c2)CCCCC1. The first-order valence-corrected chi connectivity index (χ1v) is 7.99. The third kappa shape index (κ3) is 3.89. The van der Waals surface area contributed by atoms with Gasteiger partial charge in [-0.05, 0) is 37.0 Å². The minimum Gasteiger partial charge on any atom is -0.355 e. The molecule has 110 valence electrons. The predicted molar refractivity (Wildman–Crippen MR) is 84.4 cm³/mol. The van der Waals surface area contributed by atoms with Crippen LogP contribution in [0.3, 0.4) is 0 Å². The second kappa shape index (κ2) is 6.82. The molecule has 0 aromatic heterocycles. The molecule has 2 nitrogen and oxygen atoms in total. The Morgan fingerprint density at radius 3 is 2.55 bits per heavy atom. The van der Waals surface area contributed by atoms with Gasteiger partial charge in [-0.25, -0.2) is 0 Å². The van der Waals surface area contributed by atoms with Crippen molar-refractivity contribution >= 4 is 29.1 Å². The lowest BCUT2D eigenvalue weighted by Gasteiger charge is -2.32. The molecule has 2 rings (SSSR count). The van der Waals surface area contributed by atoms with E-state index in [9.17, 15) is 4.79 Å². The Kier molecular flexibility index (Phi) is 5.34. The molecule has 0 spiro atoms. The Labute approximate surface area is 130 Å². The van der Waals surface area contributed by atoms with Crippen molar-refractivity contribution in [3.05, 3.63) is 33.8 Å². The topological polar surface area (TPSA) is 29.1 Å². The van der Waals surface area contributed by atoms with E-state index in [1.54, 1.807) is 6.07 Å². The molecule has 1 N–H and O–H groups in total. The summed E-state index contributed by atoms with van der Waals surface area (Å²) in [5.74, 6) is 0.192. The van der Waals surface area contributed by atoms with Crippen LogP contribution in [-0.4, -0.2) is 12.5 Å². The number of nitrogens with one attached hydrogen (secondary N) is 1.